The number of piperidine rings is 1. The lowest BCUT2D eigenvalue weighted by atomic mass is 9.97. The van der Waals surface area contributed by atoms with Crippen LogP contribution in [0, 0.1) is 5.92 Å². The smallest absolute Gasteiger partial charge is 0.289 e. The Kier molecular flexibility index (Phi) is 4.52. The maximum atomic E-state index is 12.7. The van der Waals surface area contributed by atoms with Gasteiger partial charge < -0.3 is 24.9 Å². The first-order valence-corrected chi connectivity index (χ1v) is 10.1. The number of rotatable bonds is 3. The van der Waals surface area contributed by atoms with E-state index in [1.807, 2.05) is 0 Å². The molecule has 2 N–H and O–H groups in total. The zero-order chi connectivity index (χ0) is 19.1. The highest BCUT2D eigenvalue weighted by atomic mass is 16.3. The van der Waals surface area contributed by atoms with Gasteiger partial charge in [0, 0.05) is 63.0 Å². The van der Waals surface area contributed by atoms with E-state index in [9.17, 15) is 9.59 Å². The molecule has 28 heavy (non-hydrogen) atoms. The molecule has 1 unspecified atom stereocenters. The number of fused-ring (bicyclic) bond motifs is 3. The molecule has 8 heteroatoms. The lowest BCUT2D eigenvalue weighted by Crippen LogP contribution is -2.47. The molecule has 2 amide bonds. The van der Waals surface area contributed by atoms with E-state index >= 15 is 0 Å². The van der Waals surface area contributed by atoms with Crippen molar-refractivity contribution in [1.82, 2.24) is 25.4 Å². The summed E-state index contributed by atoms with van der Waals surface area (Å²) in [7, 11) is 0. The van der Waals surface area contributed by atoms with Crippen LogP contribution in [0.15, 0.2) is 22.7 Å². The van der Waals surface area contributed by atoms with Gasteiger partial charge in [0.25, 0.3) is 11.8 Å². The quantitative estimate of drug-likeness (QED) is 0.811. The average molecular weight is 383 g/mol. The number of nitrogens with one attached hydrogen (secondary N) is 2. The van der Waals surface area contributed by atoms with E-state index in [1.165, 1.54) is 6.42 Å². The first-order chi connectivity index (χ1) is 13.7. The molecule has 3 aliphatic rings. The number of amides is 2. The SMILES string of the molecule is O=C(N[C@@H]1C[C@H]2CCN(C2)C1)c1cc2oc(C(=O)N3CCNCC3)cc2cn1. The van der Waals surface area contributed by atoms with Gasteiger partial charge in [0.05, 0.1) is 0 Å². The van der Waals surface area contributed by atoms with Crippen molar-refractivity contribution in [3.63, 3.8) is 0 Å². The third kappa shape index (κ3) is 3.38. The fraction of sp³-hybridized carbons (Fsp3) is 0.550. The van der Waals surface area contributed by atoms with Gasteiger partial charge in [-0.05, 0) is 31.4 Å². The van der Waals surface area contributed by atoms with Crippen LogP contribution in [0.5, 0.6) is 0 Å². The minimum Gasteiger partial charge on any atom is -0.451 e. The Morgan fingerprint density at radius 3 is 2.86 bits per heavy atom. The van der Waals surface area contributed by atoms with Crippen LogP contribution in [-0.2, 0) is 0 Å². The second-order valence-electron chi connectivity index (χ2n) is 8.08. The van der Waals surface area contributed by atoms with Gasteiger partial charge in [-0.3, -0.25) is 14.6 Å². The number of carbonyl (C=O) groups excluding carboxylic acids is 2. The van der Waals surface area contributed by atoms with Crippen LogP contribution >= 0.6 is 0 Å². The van der Waals surface area contributed by atoms with E-state index in [2.05, 4.69) is 20.5 Å². The highest BCUT2D eigenvalue weighted by Crippen LogP contribution is 2.27. The Hall–Kier alpha value is -2.45. The van der Waals surface area contributed by atoms with Crippen molar-refractivity contribution in [2.24, 2.45) is 5.92 Å². The van der Waals surface area contributed by atoms with Crippen molar-refractivity contribution in [2.45, 2.75) is 18.9 Å². The molecule has 3 saturated heterocycles. The predicted octanol–water partition coefficient (Wildman–Crippen LogP) is 0.697. The van der Waals surface area contributed by atoms with Crippen LogP contribution in [0.4, 0.5) is 0 Å². The number of nitrogens with zero attached hydrogens (tertiary/aromatic N) is 3. The lowest BCUT2D eigenvalue weighted by Gasteiger charge is -2.30. The van der Waals surface area contributed by atoms with Gasteiger partial charge in [-0.25, -0.2) is 0 Å². The van der Waals surface area contributed by atoms with Gasteiger partial charge in [-0.1, -0.05) is 0 Å². The molecule has 8 nitrogen and oxygen atoms in total. The Morgan fingerprint density at radius 1 is 1.18 bits per heavy atom. The highest BCUT2D eigenvalue weighted by Gasteiger charge is 2.33. The molecule has 3 atom stereocenters. The third-order valence-corrected chi connectivity index (χ3v) is 6.05. The Morgan fingerprint density at radius 2 is 2.04 bits per heavy atom. The van der Waals surface area contributed by atoms with E-state index in [4.69, 9.17) is 4.42 Å². The van der Waals surface area contributed by atoms with E-state index in [1.54, 1.807) is 23.2 Å². The van der Waals surface area contributed by atoms with E-state index in [-0.39, 0.29) is 17.9 Å². The topological polar surface area (TPSA) is 90.7 Å². The summed E-state index contributed by atoms with van der Waals surface area (Å²) in [6.45, 7) is 6.12. The maximum absolute atomic E-state index is 12.7. The van der Waals surface area contributed by atoms with Gasteiger partial charge in [0.1, 0.15) is 11.3 Å². The van der Waals surface area contributed by atoms with Gasteiger partial charge in [0.15, 0.2) is 5.76 Å². The molecule has 5 rings (SSSR count). The van der Waals surface area contributed by atoms with E-state index in [0.717, 1.165) is 44.5 Å². The number of furan rings is 1. The number of pyridine rings is 1. The maximum Gasteiger partial charge on any atom is 0.289 e. The molecule has 148 valence electrons. The van der Waals surface area contributed by atoms with Crippen LogP contribution in [0.25, 0.3) is 11.0 Å². The van der Waals surface area contributed by atoms with Crippen LogP contribution in [0.1, 0.15) is 33.9 Å². The van der Waals surface area contributed by atoms with Crippen molar-refractivity contribution >= 4 is 22.8 Å². The normalized spacial score (nSPS) is 27.1. The van der Waals surface area contributed by atoms with Crippen molar-refractivity contribution in [3.05, 3.63) is 29.8 Å². The lowest BCUT2D eigenvalue weighted by molar-refractivity contribution is 0.0706. The van der Waals surface area contributed by atoms with Crippen molar-refractivity contribution in [2.75, 3.05) is 45.8 Å². The second kappa shape index (κ2) is 7.18. The summed E-state index contributed by atoms with van der Waals surface area (Å²) in [6.07, 6.45) is 3.87. The van der Waals surface area contributed by atoms with Crippen molar-refractivity contribution in [3.8, 4) is 0 Å². The van der Waals surface area contributed by atoms with Crippen molar-refractivity contribution < 1.29 is 14.0 Å². The molecule has 2 aromatic heterocycles. The summed E-state index contributed by atoms with van der Waals surface area (Å²) in [6, 6.07) is 3.52. The first-order valence-electron chi connectivity index (χ1n) is 10.1. The highest BCUT2D eigenvalue weighted by molar-refractivity contribution is 5.98. The second-order valence-corrected chi connectivity index (χ2v) is 8.08. The van der Waals surface area contributed by atoms with Crippen LogP contribution in [0.3, 0.4) is 0 Å². The molecule has 2 aromatic rings. The number of aromatic nitrogens is 1. The molecule has 3 fully saturated rings. The molecule has 5 heterocycles. The molecule has 2 bridgehead atoms. The average Bonchev–Trinajstić information content (AvgIpc) is 3.30. The van der Waals surface area contributed by atoms with Gasteiger partial charge >= 0.3 is 0 Å². The molecule has 0 saturated carbocycles. The summed E-state index contributed by atoms with van der Waals surface area (Å²) < 4.78 is 5.77. The zero-order valence-corrected chi connectivity index (χ0v) is 15.8. The van der Waals surface area contributed by atoms with Crippen molar-refractivity contribution in [1.29, 1.82) is 0 Å². The number of hydrogen-bond donors (Lipinski definition) is 2. The molecular weight excluding hydrogens is 358 g/mol. The predicted molar refractivity (Wildman–Crippen MR) is 103 cm³/mol. The molecule has 3 aliphatic heterocycles. The summed E-state index contributed by atoms with van der Waals surface area (Å²) in [5, 5.41) is 7.08. The molecule has 0 aromatic carbocycles. The minimum absolute atomic E-state index is 0.115. The number of hydrogen-bond acceptors (Lipinski definition) is 6. The van der Waals surface area contributed by atoms with Crippen LogP contribution in [-0.4, -0.2) is 78.5 Å². The standard InChI is InChI=1S/C20H25N5O3/c26-19(23-15-7-13-1-4-24(11-13)12-15)16-9-17-14(10-22-16)8-18(28-17)20(27)25-5-2-21-3-6-25/h8-10,13,15,21H,1-7,11-12H2,(H,23,26)/t13-,15-/m1/s1. The van der Waals surface area contributed by atoms with Gasteiger partial charge in [0.2, 0.25) is 0 Å². The van der Waals surface area contributed by atoms with E-state index < -0.39 is 0 Å². The van der Waals surface area contributed by atoms with E-state index in [0.29, 0.717) is 36.0 Å². The molecule has 0 aliphatic carbocycles. The zero-order valence-electron chi connectivity index (χ0n) is 15.8. The summed E-state index contributed by atoms with van der Waals surface area (Å²) in [5.74, 6) is 0.697. The van der Waals surface area contributed by atoms with Crippen LogP contribution in [0.2, 0.25) is 0 Å². The molecular formula is C20H25N5O3. The summed E-state index contributed by atoms with van der Waals surface area (Å²) in [4.78, 5) is 33.8. The summed E-state index contributed by atoms with van der Waals surface area (Å²) >= 11 is 0. The molecule has 0 spiro atoms. The monoisotopic (exact) mass is 383 g/mol. The van der Waals surface area contributed by atoms with Gasteiger partial charge in [-0.2, -0.15) is 0 Å². The minimum atomic E-state index is -0.180. The molecule has 0 radical (unpaired) electrons. The number of piperazine rings is 1. The van der Waals surface area contributed by atoms with Gasteiger partial charge in [-0.15, -0.1) is 0 Å². The Labute approximate surface area is 163 Å². The third-order valence-electron chi connectivity index (χ3n) is 6.05. The Bertz CT molecular complexity index is 892. The Balaban J connectivity index is 1.30. The first kappa shape index (κ1) is 17.6. The fourth-order valence-corrected chi connectivity index (χ4v) is 4.61. The van der Waals surface area contributed by atoms with Crippen LogP contribution < -0.4 is 10.6 Å². The fourth-order valence-electron chi connectivity index (χ4n) is 4.61. The largest absolute Gasteiger partial charge is 0.451 e. The number of carbonyl (C=O) groups is 2. The summed E-state index contributed by atoms with van der Waals surface area (Å²) in [5.41, 5.74) is 0.849.